The number of likely N-dealkylation sites (tertiary alicyclic amines) is 1. The summed E-state index contributed by atoms with van der Waals surface area (Å²) in [6, 6.07) is 8.58. The standard InChI is InChI=1S/C21H30N4O2S/c1-21(2,3)17-8-6-15(7-9-17)18-22-25(20(28)23(18)4)14-24-12-10-16(11-13-24)19(26)27-5/h6-9,16H,10-14H2,1-5H3/p+1. The summed E-state index contributed by atoms with van der Waals surface area (Å²) in [7, 11) is 3.43. The van der Waals surface area contributed by atoms with Crippen molar-refractivity contribution in [2.75, 3.05) is 20.2 Å². The Morgan fingerprint density at radius 1 is 1.25 bits per heavy atom. The maximum Gasteiger partial charge on any atom is 0.309 e. The molecule has 0 unspecified atom stereocenters. The van der Waals surface area contributed by atoms with Crippen LogP contribution in [0, 0.1) is 10.7 Å². The number of quaternary nitrogens is 1. The van der Waals surface area contributed by atoms with Gasteiger partial charge in [-0.2, -0.15) is 4.68 Å². The molecule has 152 valence electrons. The van der Waals surface area contributed by atoms with Gasteiger partial charge in [0.15, 0.2) is 12.5 Å². The van der Waals surface area contributed by atoms with Crippen LogP contribution >= 0.6 is 12.2 Å². The third-order valence-corrected chi connectivity index (χ3v) is 6.14. The van der Waals surface area contributed by atoms with Gasteiger partial charge >= 0.3 is 5.97 Å². The molecule has 0 aliphatic carbocycles. The average Bonchev–Trinajstić information content (AvgIpc) is 2.96. The zero-order valence-corrected chi connectivity index (χ0v) is 18.3. The van der Waals surface area contributed by atoms with Gasteiger partial charge in [-0.15, -0.1) is 5.10 Å². The number of nitrogens with one attached hydrogen (secondary N) is 1. The lowest BCUT2D eigenvalue weighted by molar-refractivity contribution is -0.929. The molecule has 0 spiro atoms. The molecule has 0 amide bonds. The first-order valence-corrected chi connectivity index (χ1v) is 10.3. The Bertz CT molecular complexity index is 885. The van der Waals surface area contributed by atoms with Gasteiger partial charge in [0.25, 0.3) is 0 Å². The molecule has 7 heteroatoms. The number of carbonyl (C=O) groups excluding carboxylic acids is 1. The normalized spacial score (nSPS) is 20.2. The second-order valence-electron chi connectivity index (χ2n) is 8.70. The van der Waals surface area contributed by atoms with Gasteiger partial charge in [0.05, 0.1) is 26.1 Å². The Kier molecular flexibility index (Phi) is 6.05. The maximum absolute atomic E-state index is 11.7. The molecule has 0 atom stereocenters. The van der Waals surface area contributed by atoms with Crippen molar-refractivity contribution in [3.8, 4) is 11.4 Å². The number of nitrogens with zero attached hydrogens (tertiary/aromatic N) is 3. The van der Waals surface area contributed by atoms with Gasteiger partial charge in [-0.05, 0) is 23.2 Å². The van der Waals surface area contributed by atoms with Gasteiger partial charge in [0, 0.05) is 25.5 Å². The van der Waals surface area contributed by atoms with Crippen molar-refractivity contribution < 1.29 is 14.4 Å². The van der Waals surface area contributed by atoms with Gasteiger partial charge < -0.3 is 14.2 Å². The zero-order valence-electron chi connectivity index (χ0n) is 17.5. The minimum Gasteiger partial charge on any atom is -0.469 e. The molecule has 1 aromatic heterocycles. The number of hydrogen-bond donors (Lipinski definition) is 1. The third-order valence-electron chi connectivity index (χ3n) is 5.65. The summed E-state index contributed by atoms with van der Waals surface area (Å²) in [5.41, 5.74) is 2.50. The smallest absolute Gasteiger partial charge is 0.309 e. The van der Waals surface area contributed by atoms with Crippen molar-refractivity contribution in [2.45, 2.75) is 45.7 Å². The SMILES string of the molecule is COC(=O)C1CC[NH+](Cn2nc(-c3ccc(C(C)(C)C)cc3)n(C)c2=S)CC1. The fourth-order valence-electron chi connectivity index (χ4n) is 3.76. The number of carbonyl (C=O) groups is 1. The topological polar surface area (TPSA) is 53.5 Å². The summed E-state index contributed by atoms with van der Waals surface area (Å²) in [6.45, 7) is 9.21. The maximum atomic E-state index is 11.7. The molecule has 1 aromatic carbocycles. The van der Waals surface area contributed by atoms with E-state index in [4.69, 9.17) is 22.1 Å². The number of ether oxygens (including phenoxy) is 1. The molecule has 1 aliphatic rings. The second kappa shape index (κ2) is 8.17. The molecule has 2 heterocycles. The van der Waals surface area contributed by atoms with Crippen molar-refractivity contribution in [3.05, 3.63) is 34.6 Å². The minimum atomic E-state index is -0.0884. The van der Waals surface area contributed by atoms with Gasteiger partial charge in [0.1, 0.15) is 0 Å². The number of piperidine rings is 1. The molecule has 0 radical (unpaired) electrons. The van der Waals surface area contributed by atoms with Crippen molar-refractivity contribution in [1.82, 2.24) is 14.3 Å². The van der Waals surface area contributed by atoms with Crippen LogP contribution in [0.15, 0.2) is 24.3 Å². The summed E-state index contributed by atoms with van der Waals surface area (Å²) in [5.74, 6) is 0.825. The first-order valence-electron chi connectivity index (χ1n) is 9.87. The molecule has 28 heavy (non-hydrogen) atoms. The molecule has 6 nitrogen and oxygen atoms in total. The predicted octanol–water partition coefficient (Wildman–Crippen LogP) is 2.34. The Morgan fingerprint density at radius 2 is 1.86 bits per heavy atom. The highest BCUT2D eigenvalue weighted by Gasteiger charge is 2.28. The number of aromatic nitrogens is 3. The van der Waals surface area contributed by atoms with Crippen LogP contribution in [0.5, 0.6) is 0 Å². The van der Waals surface area contributed by atoms with E-state index in [0.717, 1.165) is 48.8 Å². The number of esters is 1. The molecule has 0 saturated carbocycles. The van der Waals surface area contributed by atoms with Crippen molar-refractivity contribution in [2.24, 2.45) is 13.0 Å². The predicted molar refractivity (Wildman–Crippen MR) is 112 cm³/mol. The van der Waals surface area contributed by atoms with Crippen LogP contribution in [-0.4, -0.2) is 40.5 Å². The van der Waals surface area contributed by atoms with E-state index in [1.54, 1.807) is 0 Å². The summed E-state index contributed by atoms with van der Waals surface area (Å²) < 4.78 is 9.48. The molecular weight excluding hydrogens is 372 g/mol. The van der Waals surface area contributed by atoms with E-state index in [1.807, 2.05) is 16.3 Å². The van der Waals surface area contributed by atoms with Gasteiger partial charge in [-0.25, -0.2) is 0 Å². The van der Waals surface area contributed by atoms with E-state index in [9.17, 15) is 4.79 Å². The molecule has 0 bridgehead atoms. The first-order chi connectivity index (χ1) is 13.2. The highest BCUT2D eigenvalue weighted by Crippen LogP contribution is 2.25. The first kappa shape index (κ1) is 20.7. The van der Waals surface area contributed by atoms with E-state index in [0.29, 0.717) is 0 Å². The van der Waals surface area contributed by atoms with E-state index >= 15 is 0 Å². The molecule has 1 N–H and O–H groups in total. The van der Waals surface area contributed by atoms with Gasteiger partial charge in [0.2, 0.25) is 4.77 Å². The van der Waals surface area contributed by atoms with Crippen LogP contribution in [0.2, 0.25) is 0 Å². The lowest BCUT2D eigenvalue weighted by atomic mass is 9.87. The monoisotopic (exact) mass is 403 g/mol. The molecular formula is C21H31N4O2S+. The third kappa shape index (κ3) is 4.36. The van der Waals surface area contributed by atoms with E-state index in [-0.39, 0.29) is 17.3 Å². The van der Waals surface area contributed by atoms with E-state index in [1.165, 1.54) is 17.6 Å². The largest absolute Gasteiger partial charge is 0.469 e. The van der Waals surface area contributed by atoms with Crippen molar-refractivity contribution in [3.63, 3.8) is 0 Å². The number of methoxy groups -OCH3 is 1. The lowest BCUT2D eigenvalue weighted by Gasteiger charge is -2.27. The van der Waals surface area contributed by atoms with Gasteiger partial charge in [-0.3, -0.25) is 4.79 Å². The van der Waals surface area contributed by atoms with Crippen LogP contribution in [0.3, 0.4) is 0 Å². The fraction of sp³-hybridized carbons (Fsp3) is 0.571. The Labute approximate surface area is 172 Å². The fourth-order valence-corrected chi connectivity index (χ4v) is 3.95. The molecule has 1 fully saturated rings. The van der Waals surface area contributed by atoms with E-state index in [2.05, 4.69) is 45.0 Å². The summed E-state index contributed by atoms with van der Waals surface area (Å²) in [6.07, 6.45) is 1.70. The van der Waals surface area contributed by atoms with Crippen LogP contribution in [-0.2, 0) is 28.7 Å². The quantitative estimate of drug-likeness (QED) is 0.629. The lowest BCUT2D eigenvalue weighted by Crippen LogP contribution is -3.12. The van der Waals surface area contributed by atoms with E-state index < -0.39 is 0 Å². The Morgan fingerprint density at radius 3 is 2.39 bits per heavy atom. The van der Waals surface area contributed by atoms with Crippen LogP contribution in [0.25, 0.3) is 11.4 Å². The number of hydrogen-bond acceptors (Lipinski definition) is 4. The highest BCUT2D eigenvalue weighted by molar-refractivity contribution is 7.71. The summed E-state index contributed by atoms with van der Waals surface area (Å²) >= 11 is 5.63. The Balaban J connectivity index is 1.74. The van der Waals surface area contributed by atoms with Gasteiger partial charge in [-0.1, -0.05) is 45.0 Å². The average molecular weight is 404 g/mol. The second-order valence-corrected chi connectivity index (χ2v) is 9.06. The van der Waals surface area contributed by atoms with Crippen LogP contribution < -0.4 is 4.90 Å². The molecule has 2 aromatic rings. The number of benzene rings is 1. The molecule has 3 rings (SSSR count). The van der Waals surface area contributed by atoms with Crippen molar-refractivity contribution >= 4 is 18.2 Å². The van der Waals surface area contributed by atoms with Crippen molar-refractivity contribution in [1.29, 1.82) is 0 Å². The number of rotatable bonds is 4. The summed E-state index contributed by atoms with van der Waals surface area (Å²) in [4.78, 5) is 13.1. The zero-order chi connectivity index (χ0) is 20.5. The molecule has 1 saturated heterocycles. The Hall–Kier alpha value is -1.99. The highest BCUT2D eigenvalue weighted by atomic mass is 32.1. The molecule has 1 aliphatic heterocycles. The van der Waals surface area contributed by atoms with Crippen LogP contribution in [0.1, 0.15) is 39.2 Å². The van der Waals surface area contributed by atoms with Crippen LogP contribution in [0.4, 0.5) is 0 Å². The summed E-state index contributed by atoms with van der Waals surface area (Å²) in [5, 5.41) is 4.80. The minimum absolute atomic E-state index is 0.0300.